The highest BCUT2D eigenvalue weighted by molar-refractivity contribution is 5.35. The number of nitrogens with zero attached hydrogens (tertiary/aromatic N) is 3. The molecule has 2 heterocycles. The largest absolute Gasteiger partial charge is 0.390 e. The molecule has 0 fully saturated rings. The average molecular weight is 179 g/mol. The number of hydrogen-bond acceptors (Lipinski definition) is 3. The molecule has 0 bridgehead atoms. The second kappa shape index (κ2) is 4.57. The summed E-state index contributed by atoms with van der Waals surface area (Å²) in [6.45, 7) is 3.97. The Hall–Kier alpha value is -1.42. The molecule has 4 nitrogen and oxygen atoms in total. The molecule has 2 aromatic rings. The molecule has 0 saturated carbocycles. The van der Waals surface area contributed by atoms with Crippen LogP contribution >= 0.6 is 0 Å². The number of rotatable bonds is 1. The number of fused-ring (bicyclic) bond motifs is 1. The molecule has 0 aliphatic heterocycles. The highest BCUT2D eigenvalue weighted by Crippen LogP contribution is 1.99. The van der Waals surface area contributed by atoms with E-state index in [0.29, 0.717) is 5.69 Å². The zero-order valence-electron chi connectivity index (χ0n) is 7.81. The van der Waals surface area contributed by atoms with Gasteiger partial charge in [0.15, 0.2) is 5.65 Å². The fourth-order valence-electron chi connectivity index (χ4n) is 0.939. The second-order valence-electron chi connectivity index (χ2n) is 2.21. The van der Waals surface area contributed by atoms with Gasteiger partial charge in [-0.05, 0) is 12.1 Å². The van der Waals surface area contributed by atoms with Crippen molar-refractivity contribution in [2.75, 3.05) is 0 Å². The van der Waals surface area contributed by atoms with E-state index >= 15 is 0 Å². The molecule has 0 spiro atoms. The Morgan fingerprint density at radius 3 is 2.85 bits per heavy atom. The minimum Gasteiger partial charge on any atom is -0.390 e. The summed E-state index contributed by atoms with van der Waals surface area (Å²) in [4.78, 5) is 4.01. The van der Waals surface area contributed by atoms with Gasteiger partial charge in [0.05, 0.1) is 12.3 Å². The van der Waals surface area contributed by atoms with E-state index in [1.54, 1.807) is 23.0 Å². The minimum absolute atomic E-state index is 0.0336. The number of aliphatic hydroxyl groups is 1. The fraction of sp³-hybridized carbons (Fsp3) is 0.333. The molecule has 0 aliphatic carbocycles. The Labute approximate surface area is 76.9 Å². The van der Waals surface area contributed by atoms with Gasteiger partial charge in [0.25, 0.3) is 0 Å². The van der Waals surface area contributed by atoms with Crippen LogP contribution in [0.3, 0.4) is 0 Å². The molecule has 2 rings (SSSR count). The molecule has 0 atom stereocenters. The standard InChI is InChI=1S/C7H7N3O.C2H6/c11-5-6-1-2-7-8-3-4-10(7)9-6;1-2/h1-4,11H,5H2;1-2H3. The lowest BCUT2D eigenvalue weighted by Gasteiger charge is -1.94. The van der Waals surface area contributed by atoms with E-state index < -0.39 is 0 Å². The smallest absolute Gasteiger partial charge is 0.153 e. The molecule has 0 amide bonds. The van der Waals surface area contributed by atoms with Crippen molar-refractivity contribution in [3.8, 4) is 0 Å². The summed E-state index contributed by atoms with van der Waals surface area (Å²) in [5.74, 6) is 0. The van der Waals surface area contributed by atoms with Gasteiger partial charge in [-0.2, -0.15) is 5.10 Å². The van der Waals surface area contributed by atoms with Crippen LogP contribution in [0.2, 0.25) is 0 Å². The highest BCUT2D eigenvalue weighted by Gasteiger charge is 1.95. The van der Waals surface area contributed by atoms with E-state index in [4.69, 9.17) is 5.11 Å². The van der Waals surface area contributed by atoms with E-state index in [1.165, 1.54) is 0 Å². The first kappa shape index (κ1) is 9.67. The fourth-order valence-corrected chi connectivity index (χ4v) is 0.939. The molecule has 0 aliphatic rings. The molecule has 0 radical (unpaired) electrons. The van der Waals surface area contributed by atoms with Gasteiger partial charge in [0.2, 0.25) is 0 Å². The van der Waals surface area contributed by atoms with Gasteiger partial charge in [-0.3, -0.25) is 0 Å². The zero-order chi connectivity index (χ0) is 9.68. The average Bonchev–Trinajstić information content (AvgIpc) is 2.67. The summed E-state index contributed by atoms with van der Waals surface area (Å²) < 4.78 is 1.63. The van der Waals surface area contributed by atoms with Crippen molar-refractivity contribution < 1.29 is 5.11 Å². The molecular formula is C9H13N3O. The van der Waals surface area contributed by atoms with E-state index in [0.717, 1.165) is 5.65 Å². The number of imidazole rings is 1. The van der Waals surface area contributed by atoms with Crippen LogP contribution in [0.4, 0.5) is 0 Å². The van der Waals surface area contributed by atoms with Crippen molar-refractivity contribution in [3.05, 3.63) is 30.2 Å². The third-order valence-corrected chi connectivity index (χ3v) is 1.47. The first-order valence-corrected chi connectivity index (χ1v) is 4.30. The SMILES string of the molecule is CC.OCc1ccc2nccn2n1. The number of aromatic nitrogens is 3. The van der Waals surface area contributed by atoms with Crippen LogP contribution in [-0.4, -0.2) is 19.7 Å². The molecule has 13 heavy (non-hydrogen) atoms. The lowest BCUT2D eigenvalue weighted by atomic mass is 10.4. The maximum Gasteiger partial charge on any atom is 0.153 e. The molecule has 70 valence electrons. The maximum absolute atomic E-state index is 8.74. The molecule has 0 aromatic carbocycles. The van der Waals surface area contributed by atoms with E-state index in [-0.39, 0.29) is 6.61 Å². The van der Waals surface area contributed by atoms with Gasteiger partial charge < -0.3 is 5.11 Å². The molecule has 1 N–H and O–H groups in total. The van der Waals surface area contributed by atoms with Crippen LogP contribution in [0.5, 0.6) is 0 Å². The van der Waals surface area contributed by atoms with Crippen LogP contribution in [0.1, 0.15) is 19.5 Å². The predicted octanol–water partition coefficient (Wildman–Crippen LogP) is 1.25. The first-order chi connectivity index (χ1) is 6.40. The maximum atomic E-state index is 8.74. The van der Waals surface area contributed by atoms with Crippen molar-refractivity contribution in [3.63, 3.8) is 0 Å². The highest BCUT2D eigenvalue weighted by atomic mass is 16.3. The Kier molecular flexibility index (Phi) is 3.40. The van der Waals surface area contributed by atoms with Crippen LogP contribution < -0.4 is 0 Å². The first-order valence-electron chi connectivity index (χ1n) is 4.30. The molecule has 4 heteroatoms. The normalized spacial score (nSPS) is 9.46. The zero-order valence-corrected chi connectivity index (χ0v) is 7.81. The summed E-state index contributed by atoms with van der Waals surface area (Å²) in [7, 11) is 0. The number of hydrogen-bond donors (Lipinski definition) is 1. The predicted molar refractivity (Wildman–Crippen MR) is 50.3 cm³/mol. The Bertz CT molecular complexity index is 370. The van der Waals surface area contributed by atoms with Crippen LogP contribution in [-0.2, 0) is 6.61 Å². The molecular weight excluding hydrogens is 166 g/mol. The molecule has 2 aromatic heterocycles. The van der Waals surface area contributed by atoms with Gasteiger partial charge in [-0.1, -0.05) is 13.8 Å². The summed E-state index contributed by atoms with van der Waals surface area (Å²) in [5.41, 5.74) is 1.44. The van der Waals surface area contributed by atoms with Crippen molar-refractivity contribution in [2.24, 2.45) is 0 Å². The summed E-state index contributed by atoms with van der Waals surface area (Å²) in [5, 5.41) is 12.8. The van der Waals surface area contributed by atoms with E-state index in [9.17, 15) is 0 Å². The number of aliphatic hydroxyl groups excluding tert-OH is 1. The lowest BCUT2D eigenvalue weighted by Crippen LogP contribution is -1.95. The van der Waals surface area contributed by atoms with Crippen molar-refractivity contribution in [2.45, 2.75) is 20.5 Å². The van der Waals surface area contributed by atoms with Gasteiger partial charge in [0.1, 0.15) is 0 Å². The third-order valence-electron chi connectivity index (χ3n) is 1.47. The van der Waals surface area contributed by atoms with E-state index in [2.05, 4.69) is 10.1 Å². The third kappa shape index (κ3) is 2.03. The van der Waals surface area contributed by atoms with Gasteiger partial charge in [-0.25, -0.2) is 9.50 Å². The Morgan fingerprint density at radius 2 is 2.15 bits per heavy atom. The van der Waals surface area contributed by atoms with Crippen LogP contribution in [0, 0.1) is 0 Å². The Balaban J connectivity index is 0.000000396. The van der Waals surface area contributed by atoms with Crippen LogP contribution in [0.25, 0.3) is 5.65 Å². The van der Waals surface area contributed by atoms with Crippen molar-refractivity contribution >= 4 is 5.65 Å². The molecule has 0 unspecified atom stereocenters. The lowest BCUT2D eigenvalue weighted by molar-refractivity contribution is 0.275. The monoisotopic (exact) mass is 179 g/mol. The van der Waals surface area contributed by atoms with Crippen LogP contribution in [0.15, 0.2) is 24.5 Å². The summed E-state index contributed by atoms with van der Waals surface area (Å²) in [6, 6.07) is 3.57. The summed E-state index contributed by atoms with van der Waals surface area (Å²) >= 11 is 0. The topological polar surface area (TPSA) is 50.4 Å². The van der Waals surface area contributed by atoms with Crippen molar-refractivity contribution in [1.29, 1.82) is 0 Å². The van der Waals surface area contributed by atoms with Gasteiger partial charge in [0, 0.05) is 12.4 Å². The van der Waals surface area contributed by atoms with Gasteiger partial charge in [-0.15, -0.1) is 0 Å². The van der Waals surface area contributed by atoms with Gasteiger partial charge >= 0.3 is 0 Å². The second-order valence-corrected chi connectivity index (χ2v) is 2.21. The minimum atomic E-state index is -0.0336. The van der Waals surface area contributed by atoms with E-state index in [1.807, 2.05) is 19.9 Å². The molecule has 0 saturated heterocycles. The Morgan fingerprint density at radius 1 is 1.38 bits per heavy atom. The quantitative estimate of drug-likeness (QED) is 0.716. The summed E-state index contributed by atoms with van der Waals surface area (Å²) in [6.07, 6.45) is 3.41. The van der Waals surface area contributed by atoms with Crippen molar-refractivity contribution in [1.82, 2.24) is 14.6 Å².